The van der Waals surface area contributed by atoms with Gasteiger partial charge in [-0.25, -0.2) is 4.98 Å². The lowest BCUT2D eigenvalue weighted by molar-refractivity contribution is 0.637. The Bertz CT molecular complexity index is 534. The molecule has 0 radical (unpaired) electrons. The van der Waals surface area contributed by atoms with Gasteiger partial charge in [0.25, 0.3) is 0 Å². The number of nitrogens with one attached hydrogen (secondary N) is 1. The Balaban J connectivity index is 1.85. The number of hydrogen-bond donors (Lipinski definition) is 2. The third-order valence-electron chi connectivity index (χ3n) is 3.42. The highest BCUT2D eigenvalue weighted by atomic mass is 32.1. The summed E-state index contributed by atoms with van der Waals surface area (Å²) in [7, 11) is 0. The predicted octanol–water partition coefficient (Wildman–Crippen LogP) is 2.90. The number of anilines is 1. The fourth-order valence-corrected chi connectivity index (χ4v) is 3.45. The number of hydrogen-bond acceptors (Lipinski definition) is 4. The van der Waals surface area contributed by atoms with Crippen molar-refractivity contribution in [2.75, 3.05) is 5.32 Å². The molecule has 1 saturated carbocycles. The van der Waals surface area contributed by atoms with Crippen LogP contribution in [0.15, 0.2) is 18.2 Å². The van der Waals surface area contributed by atoms with E-state index in [4.69, 9.17) is 5.73 Å². The maximum Gasteiger partial charge on any atom is 0.184 e. The number of aryl methyl sites for hydroxylation is 1. The molecule has 0 spiro atoms. The van der Waals surface area contributed by atoms with E-state index in [9.17, 15) is 0 Å². The van der Waals surface area contributed by atoms with Gasteiger partial charge in [-0.2, -0.15) is 0 Å². The molecule has 90 valence electrons. The van der Waals surface area contributed by atoms with Gasteiger partial charge in [0.1, 0.15) is 0 Å². The van der Waals surface area contributed by atoms with Gasteiger partial charge in [0.15, 0.2) is 5.13 Å². The highest BCUT2D eigenvalue weighted by Crippen LogP contribution is 2.29. The predicted molar refractivity (Wildman–Crippen MR) is 73.6 cm³/mol. The van der Waals surface area contributed by atoms with Gasteiger partial charge in [0.05, 0.1) is 10.2 Å². The van der Waals surface area contributed by atoms with Crippen molar-refractivity contribution in [3.8, 4) is 0 Å². The van der Waals surface area contributed by atoms with E-state index in [1.807, 2.05) is 0 Å². The van der Waals surface area contributed by atoms with Crippen molar-refractivity contribution in [2.24, 2.45) is 5.73 Å². The average Bonchev–Trinajstić information content (AvgIpc) is 2.85. The second kappa shape index (κ2) is 4.27. The Kier molecular flexibility index (Phi) is 2.76. The maximum atomic E-state index is 6.06. The fourth-order valence-electron chi connectivity index (χ4n) is 2.42. The van der Waals surface area contributed by atoms with Crippen molar-refractivity contribution >= 4 is 26.7 Å². The summed E-state index contributed by atoms with van der Waals surface area (Å²) >= 11 is 1.72. The van der Waals surface area contributed by atoms with Crippen molar-refractivity contribution in [2.45, 2.75) is 38.3 Å². The summed E-state index contributed by atoms with van der Waals surface area (Å²) in [6, 6.07) is 7.06. The smallest absolute Gasteiger partial charge is 0.184 e. The van der Waals surface area contributed by atoms with Crippen molar-refractivity contribution < 1.29 is 0 Å². The first-order valence-corrected chi connectivity index (χ1v) is 6.93. The highest BCUT2D eigenvalue weighted by Gasteiger charge is 2.24. The number of nitrogens with zero attached hydrogens (tertiary/aromatic N) is 1. The Morgan fingerprint density at radius 2 is 2.29 bits per heavy atom. The van der Waals surface area contributed by atoms with E-state index in [-0.39, 0.29) is 6.04 Å². The van der Waals surface area contributed by atoms with Crippen LogP contribution in [0.5, 0.6) is 0 Å². The summed E-state index contributed by atoms with van der Waals surface area (Å²) in [5, 5.41) is 4.49. The molecule has 3 nitrogen and oxygen atoms in total. The molecule has 4 heteroatoms. The van der Waals surface area contributed by atoms with Crippen LogP contribution in [-0.4, -0.2) is 17.1 Å². The van der Waals surface area contributed by atoms with Crippen LogP contribution in [0.4, 0.5) is 5.13 Å². The van der Waals surface area contributed by atoms with Crippen LogP contribution in [0.1, 0.15) is 24.8 Å². The topological polar surface area (TPSA) is 50.9 Å². The van der Waals surface area contributed by atoms with Crippen LogP contribution in [-0.2, 0) is 0 Å². The summed E-state index contributed by atoms with van der Waals surface area (Å²) in [6.07, 6.45) is 3.51. The third-order valence-corrected chi connectivity index (χ3v) is 4.37. The molecule has 17 heavy (non-hydrogen) atoms. The molecule has 1 heterocycles. The second-order valence-electron chi connectivity index (χ2n) is 4.84. The lowest BCUT2D eigenvalue weighted by Gasteiger charge is -2.15. The molecule has 1 aliphatic carbocycles. The minimum Gasteiger partial charge on any atom is -0.357 e. The maximum absolute atomic E-state index is 6.06. The molecule has 3 N–H and O–H groups in total. The normalized spacial score (nSPS) is 24.4. The number of fused-ring (bicyclic) bond motifs is 1. The Labute approximate surface area is 105 Å². The highest BCUT2D eigenvalue weighted by molar-refractivity contribution is 7.22. The number of nitrogens with two attached hydrogens (primary N) is 1. The van der Waals surface area contributed by atoms with E-state index < -0.39 is 0 Å². The quantitative estimate of drug-likeness (QED) is 0.858. The zero-order valence-electron chi connectivity index (χ0n) is 9.94. The van der Waals surface area contributed by atoms with Gasteiger partial charge in [0, 0.05) is 12.1 Å². The molecule has 3 rings (SSSR count). The molecule has 2 aromatic rings. The largest absolute Gasteiger partial charge is 0.357 e. The van der Waals surface area contributed by atoms with Crippen molar-refractivity contribution in [3.63, 3.8) is 0 Å². The number of aromatic nitrogens is 1. The van der Waals surface area contributed by atoms with Crippen molar-refractivity contribution in [1.82, 2.24) is 4.98 Å². The zero-order chi connectivity index (χ0) is 11.8. The van der Waals surface area contributed by atoms with Crippen LogP contribution in [0.25, 0.3) is 10.2 Å². The molecular formula is C13H17N3S. The van der Waals surface area contributed by atoms with E-state index in [1.54, 1.807) is 11.3 Å². The number of benzene rings is 1. The van der Waals surface area contributed by atoms with Gasteiger partial charge < -0.3 is 11.1 Å². The van der Waals surface area contributed by atoms with Crippen LogP contribution in [0.2, 0.25) is 0 Å². The molecule has 1 fully saturated rings. The summed E-state index contributed by atoms with van der Waals surface area (Å²) in [6.45, 7) is 2.11. The zero-order valence-corrected chi connectivity index (χ0v) is 10.8. The second-order valence-corrected chi connectivity index (χ2v) is 5.87. The van der Waals surface area contributed by atoms with E-state index in [0.717, 1.165) is 23.5 Å². The van der Waals surface area contributed by atoms with Crippen LogP contribution in [0, 0.1) is 6.92 Å². The summed E-state index contributed by atoms with van der Waals surface area (Å²) in [5.41, 5.74) is 8.42. The van der Waals surface area contributed by atoms with E-state index in [0.29, 0.717) is 6.04 Å². The molecule has 0 amide bonds. The third kappa shape index (κ3) is 2.15. The minimum atomic E-state index is 0.281. The average molecular weight is 247 g/mol. The lowest BCUT2D eigenvalue weighted by Crippen LogP contribution is -2.35. The minimum absolute atomic E-state index is 0.281. The molecule has 1 aromatic carbocycles. The van der Waals surface area contributed by atoms with Gasteiger partial charge in [0.2, 0.25) is 0 Å². The van der Waals surface area contributed by atoms with Gasteiger partial charge in [-0.05, 0) is 43.9 Å². The first-order valence-electron chi connectivity index (χ1n) is 6.12. The SMILES string of the molecule is Cc1ccc2nc(N[C@H]3CCC[C@@H]3N)sc2c1. The van der Waals surface area contributed by atoms with Crippen LogP contribution < -0.4 is 11.1 Å². The van der Waals surface area contributed by atoms with Crippen molar-refractivity contribution in [1.29, 1.82) is 0 Å². The molecule has 1 aromatic heterocycles. The number of thiazole rings is 1. The molecule has 2 atom stereocenters. The lowest BCUT2D eigenvalue weighted by atomic mass is 10.2. The molecular weight excluding hydrogens is 230 g/mol. The molecule has 0 unspecified atom stereocenters. The first-order chi connectivity index (χ1) is 8.22. The monoisotopic (exact) mass is 247 g/mol. The summed E-state index contributed by atoms with van der Waals surface area (Å²) in [5.74, 6) is 0. The van der Waals surface area contributed by atoms with E-state index in [2.05, 4.69) is 35.4 Å². The van der Waals surface area contributed by atoms with E-state index in [1.165, 1.54) is 16.7 Å². The fraction of sp³-hybridized carbons (Fsp3) is 0.462. The van der Waals surface area contributed by atoms with Gasteiger partial charge in [-0.15, -0.1) is 0 Å². The van der Waals surface area contributed by atoms with Gasteiger partial charge in [-0.3, -0.25) is 0 Å². The van der Waals surface area contributed by atoms with Crippen molar-refractivity contribution in [3.05, 3.63) is 23.8 Å². The standard InChI is InChI=1S/C13H17N3S/c1-8-5-6-11-12(7-8)17-13(16-11)15-10-4-2-3-9(10)14/h5-7,9-10H,2-4,14H2,1H3,(H,15,16)/t9-,10-/m0/s1. The summed E-state index contributed by atoms with van der Waals surface area (Å²) in [4.78, 5) is 4.60. The Morgan fingerprint density at radius 1 is 1.41 bits per heavy atom. The van der Waals surface area contributed by atoms with Gasteiger partial charge in [-0.1, -0.05) is 17.4 Å². The molecule has 1 aliphatic rings. The molecule has 0 saturated heterocycles. The van der Waals surface area contributed by atoms with Crippen LogP contribution in [0.3, 0.4) is 0 Å². The number of rotatable bonds is 2. The molecule has 0 bridgehead atoms. The first kappa shape index (κ1) is 11.0. The molecule has 0 aliphatic heterocycles. The summed E-state index contributed by atoms with van der Waals surface area (Å²) < 4.78 is 1.25. The Hall–Kier alpha value is -1.13. The van der Waals surface area contributed by atoms with E-state index >= 15 is 0 Å². The van der Waals surface area contributed by atoms with Gasteiger partial charge >= 0.3 is 0 Å². The van der Waals surface area contributed by atoms with Crippen LogP contribution >= 0.6 is 11.3 Å². The Morgan fingerprint density at radius 3 is 3.06 bits per heavy atom.